The van der Waals surface area contributed by atoms with Crippen LogP contribution in [0, 0.1) is 0 Å². The van der Waals surface area contributed by atoms with Gasteiger partial charge in [0.2, 0.25) is 5.88 Å². The summed E-state index contributed by atoms with van der Waals surface area (Å²) in [6, 6.07) is 3.76. The number of hydrogen-bond acceptors (Lipinski definition) is 7. The monoisotopic (exact) mass is 353 g/mol. The molecule has 0 spiro atoms. The standard InChI is InChI=1S/C17H19N7O2/c1-17(2,3)12-7-14-19-20-15(11-5-6-25-8-11)24(14)22-16(12)26-9-13-18-10-23(4)21-13/h5-8,10H,9H2,1-4H3. The second kappa shape index (κ2) is 5.94. The highest BCUT2D eigenvalue weighted by atomic mass is 16.5. The molecule has 0 atom stereocenters. The number of aromatic nitrogens is 7. The van der Waals surface area contributed by atoms with Crippen LogP contribution in [0.5, 0.6) is 5.88 Å². The van der Waals surface area contributed by atoms with Crippen molar-refractivity contribution in [2.45, 2.75) is 32.8 Å². The highest BCUT2D eigenvalue weighted by molar-refractivity contribution is 5.58. The number of ether oxygens (including phenoxy) is 1. The Kier molecular flexibility index (Phi) is 3.71. The summed E-state index contributed by atoms with van der Waals surface area (Å²) in [5.74, 6) is 1.69. The SMILES string of the molecule is Cn1cnc(COc2nn3c(-c4ccoc4)nnc3cc2C(C)(C)C)n1. The molecule has 0 N–H and O–H groups in total. The molecule has 0 aliphatic rings. The van der Waals surface area contributed by atoms with Crippen LogP contribution >= 0.6 is 0 Å². The molecule has 0 aliphatic carbocycles. The second-order valence-corrected chi connectivity index (χ2v) is 7.04. The van der Waals surface area contributed by atoms with Crippen molar-refractivity contribution in [3.8, 4) is 17.3 Å². The molecule has 0 unspecified atom stereocenters. The molecule has 4 aromatic heterocycles. The topological polar surface area (TPSA) is 96.2 Å². The molecular formula is C17H19N7O2. The van der Waals surface area contributed by atoms with Crippen molar-refractivity contribution in [2.75, 3.05) is 0 Å². The lowest BCUT2D eigenvalue weighted by molar-refractivity contribution is 0.271. The summed E-state index contributed by atoms with van der Waals surface area (Å²) in [7, 11) is 1.82. The van der Waals surface area contributed by atoms with Gasteiger partial charge in [-0.05, 0) is 17.5 Å². The fourth-order valence-electron chi connectivity index (χ4n) is 2.61. The first-order chi connectivity index (χ1) is 12.4. The number of aryl methyl sites for hydroxylation is 1. The average molecular weight is 353 g/mol. The zero-order valence-electron chi connectivity index (χ0n) is 15.0. The Morgan fingerprint density at radius 1 is 1.19 bits per heavy atom. The minimum Gasteiger partial charge on any atom is -0.472 e. The lowest BCUT2D eigenvalue weighted by Crippen LogP contribution is -2.16. The molecule has 26 heavy (non-hydrogen) atoms. The van der Waals surface area contributed by atoms with Gasteiger partial charge in [0.1, 0.15) is 12.6 Å². The summed E-state index contributed by atoms with van der Waals surface area (Å²) >= 11 is 0. The average Bonchev–Trinajstić information content (AvgIpc) is 3.31. The number of furan rings is 1. The van der Waals surface area contributed by atoms with E-state index in [-0.39, 0.29) is 12.0 Å². The maximum absolute atomic E-state index is 5.96. The van der Waals surface area contributed by atoms with Crippen molar-refractivity contribution in [1.29, 1.82) is 0 Å². The third-order valence-electron chi connectivity index (χ3n) is 3.93. The van der Waals surface area contributed by atoms with Gasteiger partial charge >= 0.3 is 0 Å². The number of fused-ring (bicyclic) bond motifs is 1. The van der Waals surface area contributed by atoms with Gasteiger partial charge in [-0.1, -0.05) is 20.8 Å². The molecule has 134 valence electrons. The molecule has 0 aromatic carbocycles. The zero-order chi connectivity index (χ0) is 18.3. The predicted molar refractivity (Wildman–Crippen MR) is 92.5 cm³/mol. The van der Waals surface area contributed by atoms with E-state index in [1.54, 1.807) is 28.1 Å². The lowest BCUT2D eigenvalue weighted by atomic mass is 9.88. The normalized spacial score (nSPS) is 12.0. The van der Waals surface area contributed by atoms with Crippen LogP contribution in [0.3, 0.4) is 0 Å². The molecule has 0 amide bonds. The molecule has 9 heteroatoms. The van der Waals surface area contributed by atoms with Gasteiger partial charge in [0, 0.05) is 12.6 Å². The third-order valence-corrected chi connectivity index (χ3v) is 3.93. The van der Waals surface area contributed by atoms with E-state index >= 15 is 0 Å². The van der Waals surface area contributed by atoms with Gasteiger partial charge in [-0.3, -0.25) is 4.68 Å². The molecule has 0 fully saturated rings. The summed E-state index contributed by atoms with van der Waals surface area (Å²) in [5.41, 5.74) is 2.20. The minimum atomic E-state index is -0.177. The first-order valence-corrected chi connectivity index (χ1v) is 8.18. The summed E-state index contributed by atoms with van der Waals surface area (Å²) < 4.78 is 14.4. The van der Waals surface area contributed by atoms with Crippen molar-refractivity contribution in [3.63, 3.8) is 0 Å². The second-order valence-electron chi connectivity index (χ2n) is 7.04. The Labute approximate surface area is 149 Å². The largest absolute Gasteiger partial charge is 0.472 e. The van der Waals surface area contributed by atoms with E-state index in [2.05, 4.69) is 46.1 Å². The highest BCUT2D eigenvalue weighted by Crippen LogP contribution is 2.31. The van der Waals surface area contributed by atoms with Crippen molar-refractivity contribution < 1.29 is 9.15 Å². The van der Waals surface area contributed by atoms with Crippen LogP contribution < -0.4 is 4.74 Å². The third kappa shape index (κ3) is 2.92. The summed E-state index contributed by atoms with van der Waals surface area (Å²) in [6.45, 7) is 6.52. The fraction of sp³-hybridized carbons (Fsp3) is 0.353. The molecule has 9 nitrogen and oxygen atoms in total. The molecule has 0 saturated carbocycles. The van der Waals surface area contributed by atoms with Crippen LogP contribution in [-0.4, -0.2) is 34.6 Å². The van der Waals surface area contributed by atoms with Crippen LogP contribution in [0.15, 0.2) is 35.4 Å². The summed E-state index contributed by atoms with van der Waals surface area (Å²) in [5, 5.41) is 17.3. The Morgan fingerprint density at radius 2 is 2.04 bits per heavy atom. The molecule has 4 heterocycles. The number of hydrogen-bond donors (Lipinski definition) is 0. The Bertz CT molecular complexity index is 1040. The smallest absolute Gasteiger partial charge is 0.236 e. The molecule has 0 aliphatic heterocycles. The molecular weight excluding hydrogens is 334 g/mol. The highest BCUT2D eigenvalue weighted by Gasteiger charge is 2.24. The summed E-state index contributed by atoms with van der Waals surface area (Å²) in [6.07, 6.45) is 4.83. The van der Waals surface area contributed by atoms with Gasteiger partial charge in [-0.2, -0.15) is 9.61 Å². The lowest BCUT2D eigenvalue weighted by Gasteiger charge is -2.21. The van der Waals surface area contributed by atoms with Gasteiger partial charge in [0.25, 0.3) is 0 Å². The van der Waals surface area contributed by atoms with Gasteiger partial charge < -0.3 is 9.15 Å². The van der Waals surface area contributed by atoms with E-state index in [0.29, 0.717) is 23.2 Å². The Hall–Kier alpha value is -3.23. The van der Waals surface area contributed by atoms with Gasteiger partial charge in [0.05, 0.1) is 11.8 Å². The van der Waals surface area contributed by atoms with E-state index < -0.39 is 0 Å². The first-order valence-electron chi connectivity index (χ1n) is 8.18. The van der Waals surface area contributed by atoms with Crippen LogP contribution in [0.1, 0.15) is 32.2 Å². The molecule has 4 aromatic rings. The Morgan fingerprint density at radius 3 is 2.69 bits per heavy atom. The molecule has 0 bridgehead atoms. The predicted octanol–water partition coefficient (Wildman–Crippen LogP) is 2.39. The van der Waals surface area contributed by atoms with Crippen LogP contribution in [-0.2, 0) is 19.1 Å². The van der Waals surface area contributed by atoms with Crippen LogP contribution in [0.4, 0.5) is 0 Å². The van der Waals surface area contributed by atoms with Crippen molar-refractivity contribution in [3.05, 3.63) is 42.4 Å². The van der Waals surface area contributed by atoms with E-state index in [1.807, 2.05) is 19.2 Å². The maximum Gasteiger partial charge on any atom is 0.236 e. The van der Waals surface area contributed by atoms with E-state index in [0.717, 1.165) is 11.1 Å². The van der Waals surface area contributed by atoms with E-state index in [9.17, 15) is 0 Å². The molecule has 0 radical (unpaired) electrons. The fourth-order valence-corrected chi connectivity index (χ4v) is 2.61. The summed E-state index contributed by atoms with van der Waals surface area (Å²) in [4.78, 5) is 4.19. The van der Waals surface area contributed by atoms with Crippen LogP contribution in [0.2, 0.25) is 0 Å². The minimum absolute atomic E-state index is 0.177. The quantitative estimate of drug-likeness (QED) is 0.556. The van der Waals surface area contributed by atoms with Gasteiger partial charge in [-0.15, -0.1) is 15.3 Å². The van der Waals surface area contributed by atoms with Crippen molar-refractivity contribution >= 4 is 5.65 Å². The zero-order valence-corrected chi connectivity index (χ0v) is 15.0. The Balaban J connectivity index is 1.78. The van der Waals surface area contributed by atoms with Gasteiger partial charge in [0.15, 0.2) is 23.9 Å². The first kappa shape index (κ1) is 16.2. The van der Waals surface area contributed by atoms with Crippen molar-refractivity contribution in [2.24, 2.45) is 7.05 Å². The van der Waals surface area contributed by atoms with E-state index in [4.69, 9.17) is 9.15 Å². The maximum atomic E-state index is 5.96. The van der Waals surface area contributed by atoms with E-state index in [1.165, 1.54) is 0 Å². The number of rotatable bonds is 4. The molecule has 4 rings (SSSR count). The molecule has 0 saturated heterocycles. The van der Waals surface area contributed by atoms with Crippen LogP contribution in [0.25, 0.3) is 17.0 Å². The number of nitrogens with zero attached hydrogens (tertiary/aromatic N) is 7. The van der Waals surface area contributed by atoms with Crippen molar-refractivity contribution in [1.82, 2.24) is 34.6 Å². The van der Waals surface area contributed by atoms with Gasteiger partial charge in [-0.25, -0.2) is 4.98 Å².